The fourth-order valence-electron chi connectivity index (χ4n) is 2.24. The number of hydrogen-bond acceptors (Lipinski definition) is 4. The van der Waals surface area contributed by atoms with Crippen LogP contribution in [0.15, 0.2) is 48.7 Å². The van der Waals surface area contributed by atoms with E-state index in [1.807, 2.05) is 49.4 Å². The van der Waals surface area contributed by atoms with E-state index in [9.17, 15) is 0 Å². The Labute approximate surface area is 123 Å². The number of fused-ring (bicyclic) bond motifs is 1. The van der Waals surface area contributed by atoms with Crippen LogP contribution in [-0.2, 0) is 0 Å². The van der Waals surface area contributed by atoms with Crippen LogP contribution in [0, 0.1) is 6.92 Å². The molecule has 0 bridgehead atoms. The van der Waals surface area contributed by atoms with Crippen molar-refractivity contribution in [3.05, 3.63) is 54.2 Å². The molecule has 4 heteroatoms. The van der Waals surface area contributed by atoms with Gasteiger partial charge in [0.1, 0.15) is 22.8 Å². The third-order valence-corrected chi connectivity index (χ3v) is 3.24. The summed E-state index contributed by atoms with van der Waals surface area (Å²) in [5.74, 6) is 2.22. The van der Waals surface area contributed by atoms with E-state index >= 15 is 0 Å². The van der Waals surface area contributed by atoms with Gasteiger partial charge in [-0.2, -0.15) is 0 Å². The molecule has 0 aliphatic heterocycles. The highest BCUT2D eigenvalue weighted by Gasteiger charge is 2.10. The van der Waals surface area contributed by atoms with E-state index < -0.39 is 0 Å². The van der Waals surface area contributed by atoms with Crippen LogP contribution in [0.5, 0.6) is 17.2 Å². The molecule has 0 unspecified atom stereocenters. The number of benzene rings is 2. The fourth-order valence-corrected chi connectivity index (χ4v) is 2.24. The van der Waals surface area contributed by atoms with E-state index in [0.717, 1.165) is 33.7 Å². The van der Waals surface area contributed by atoms with Crippen molar-refractivity contribution >= 4 is 16.6 Å². The van der Waals surface area contributed by atoms with Crippen LogP contribution < -0.4 is 15.2 Å². The Bertz CT molecular complexity index is 783. The van der Waals surface area contributed by atoms with Crippen molar-refractivity contribution in [2.75, 3.05) is 12.8 Å². The first-order valence-corrected chi connectivity index (χ1v) is 6.64. The first-order chi connectivity index (χ1) is 10.2. The zero-order chi connectivity index (χ0) is 14.8. The van der Waals surface area contributed by atoms with E-state index in [-0.39, 0.29) is 0 Å². The highest BCUT2D eigenvalue weighted by molar-refractivity contribution is 5.90. The minimum atomic E-state index is 0.708. The van der Waals surface area contributed by atoms with Gasteiger partial charge in [0.2, 0.25) is 0 Å². The van der Waals surface area contributed by atoms with Crippen LogP contribution >= 0.6 is 0 Å². The maximum absolute atomic E-state index is 5.95. The van der Waals surface area contributed by atoms with Crippen molar-refractivity contribution in [2.24, 2.45) is 0 Å². The van der Waals surface area contributed by atoms with Gasteiger partial charge in [-0.15, -0.1) is 0 Å². The molecule has 0 aliphatic rings. The Kier molecular flexibility index (Phi) is 3.36. The number of aryl methyl sites for hydroxylation is 1. The number of anilines is 1. The van der Waals surface area contributed by atoms with Crippen molar-refractivity contribution in [3.63, 3.8) is 0 Å². The molecule has 21 heavy (non-hydrogen) atoms. The van der Waals surface area contributed by atoms with Gasteiger partial charge in [-0.05, 0) is 55.0 Å². The number of ether oxygens (including phenoxy) is 2. The Morgan fingerprint density at radius 3 is 2.48 bits per heavy atom. The standard InChI is InChI=1S/C17H16N2O2/c1-11-9-14-15(21-13-5-3-12(18)4-6-13)7-8-19-17(14)16(10-11)20-2/h3-10H,18H2,1-2H3. The smallest absolute Gasteiger partial charge is 0.145 e. The van der Waals surface area contributed by atoms with Crippen molar-refractivity contribution in [2.45, 2.75) is 6.92 Å². The monoisotopic (exact) mass is 280 g/mol. The average Bonchev–Trinajstić information content (AvgIpc) is 2.49. The molecule has 0 radical (unpaired) electrons. The van der Waals surface area contributed by atoms with Gasteiger partial charge in [-0.25, -0.2) is 0 Å². The SMILES string of the molecule is COc1cc(C)cc2c(Oc3ccc(N)cc3)ccnc12. The van der Waals surface area contributed by atoms with Gasteiger partial charge in [-0.1, -0.05) is 0 Å². The predicted molar refractivity (Wildman–Crippen MR) is 84.0 cm³/mol. The van der Waals surface area contributed by atoms with Crippen molar-refractivity contribution in [1.82, 2.24) is 4.98 Å². The third kappa shape index (κ3) is 2.60. The molecule has 2 aromatic carbocycles. The van der Waals surface area contributed by atoms with E-state index in [1.165, 1.54) is 0 Å². The minimum absolute atomic E-state index is 0.708. The molecule has 3 rings (SSSR count). The summed E-state index contributed by atoms with van der Waals surface area (Å²) in [5.41, 5.74) is 8.27. The number of hydrogen-bond donors (Lipinski definition) is 1. The van der Waals surface area contributed by atoms with Gasteiger partial charge < -0.3 is 15.2 Å². The van der Waals surface area contributed by atoms with Gasteiger partial charge in [0.15, 0.2) is 0 Å². The van der Waals surface area contributed by atoms with E-state index in [0.29, 0.717) is 5.69 Å². The topological polar surface area (TPSA) is 57.4 Å². The van der Waals surface area contributed by atoms with Crippen LogP contribution in [0.3, 0.4) is 0 Å². The maximum atomic E-state index is 5.95. The highest BCUT2D eigenvalue weighted by atomic mass is 16.5. The molecular weight excluding hydrogens is 264 g/mol. The summed E-state index contributed by atoms with van der Waals surface area (Å²) < 4.78 is 11.3. The molecule has 0 saturated heterocycles. The summed E-state index contributed by atoms with van der Waals surface area (Å²) in [4.78, 5) is 4.38. The summed E-state index contributed by atoms with van der Waals surface area (Å²) >= 11 is 0. The second-order valence-corrected chi connectivity index (χ2v) is 4.84. The zero-order valence-electron chi connectivity index (χ0n) is 12.0. The first-order valence-electron chi connectivity index (χ1n) is 6.64. The number of rotatable bonds is 3. The third-order valence-electron chi connectivity index (χ3n) is 3.24. The molecule has 1 heterocycles. The Balaban J connectivity index is 2.10. The minimum Gasteiger partial charge on any atom is -0.494 e. The van der Waals surface area contributed by atoms with Crippen LogP contribution in [0.1, 0.15) is 5.56 Å². The lowest BCUT2D eigenvalue weighted by Crippen LogP contribution is -1.92. The zero-order valence-corrected chi connectivity index (χ0v) is 12.0. The largest absolute Gasteiger partial charge is 0.494 e. The van der Waals surface area contributed by atoms with Crippen LogP contribution in [0.4, 0.5) is 5.69 Å². The predicted octanol–water partition coefficient (Wildman–Crippen LogP) is 3.93. The molecule has 0 atom stereocenters. The Morgan fingerprint density at radius 1 is 1.00 bits per heavy atom. The maximum Gasteiger partial charge on any atom is 0.145 e. The molecule has 3 aromatic rings. The normalized spacial score (nSPS) is 10.6. The second kappa shape index (κ2) is 5.32. The lowest BCUT2D eigenvalue weighted by molar-refractivity contribution is 0.418. The van der Waals surface area contributed by atoms with E-state index in [1.54, 1.807) is 13.3 Å². The van der Waals surface area contributed by atoms with Gasteiger partial charge in [0.25, 0.3) is 0 Å². The number of pyridine rings is 1. The number of nitrogens with zero attached hydrogens (tertiary/aromatic N) is 1. The van der Waals surface area contributed by atoms with Gasteiger partial charge in [0.05, 0.1) is 7.11 Å². The lowest BCUT2D eigenvalue weighted by atomic mass is 10.1. The molecule has 1 aromatic heterocycles. The summed E-state index contributed by atoms with van der Waals surface area (Å²) in [5, 5.41) is 0.922. The molecule has 0 aliphatic carbocycles. The summed E-state index contributed by atoms with van der Waals surface area (Å²) in [7, 11) is 1.64. The fraction of sp³-hybridized carbons (Fsp3) is 0.118. The second-order valence-electron chi connectivity index (χ2n) is 4.84. The Morgan fingerprint density at radius 2 is 1.76 bits per heavy atom. The van der Waals surface area contributed by atoms with E-state index in [4.69, 9.17) is 15.2 Å². The molecule has 0 fully saturated rings. The van der Waals surface area contributed by atoms with E-state index in [2.05, 4.69) is 4.98 Å². The molecule has 2 N–H and O–H groups in total. The summed E-state index contributed by atoms with van der Waals surface area (Å²) in [6, 6.07) is 13.1. The molecular formula is C17H16N2O2. The first kappa shape index (κ1) is 13.2. The quantitative estimate of drug-likeness (QED) is 0.739. The molecule has 0 spiro atoms. The lowest BCUT2D eigenvalue weighted by Gasteiger charge is -2.11. The number of methoxy groups -OCH3 is 1. The molecule has 106 valence electrons. The average molecular weight is 280 g/mol. The Hall–Kier alpha value is -2.75. The van der Waals surface area contributed by atoms with Crippen LogP contribution in [-0.4, -0.2) is 12.1 Å². The van der Waals surface area contributed by atoms with Crippen molar-refractivity contribution in [1.29, 1.82) is 0 Å². The van der Waals surface area contributed by atoms with Gasteiger partial charge in [-0.3, -0.25) is 4.98 Å². The molecule has 0 amide bonds. The van der Waals surface area contributed by atoms with Crippen molar-refractivity contribution in [3.8, 4) is 17.2 Å². The number of nitrogen functional groups attached to an aromatic ring is 1. The van der Waals surface area contributed by atoms with Gasteiger partial charge >= 0.3 is 0 Å². The summed E-state index contributed by atoms with van der Waals surface area (Å²) in [6.07, 6.45) is 1.72. The summed E-state index contributed by atoms with van der Waals surface area (Å²) in [6.45, 7) is 2.02. The molecule has 4 nitrogen and oxygen atoms in total. The van der Waals surface area contributed by atoms with Crippen molar-refractivity contribution < 1.29 is 9.47 Å². The molecule has 0 saturated carbocycles. The number of nitrogens with two attached hydrogens (primary N) is 1. The van der Waals surface area contributed by atoms with Crippen LogP contribution in [0.2, 0.25) is 0 Å². The van der Waals surface area contributed by atoms with Crippen LogP contribution in [0.25, 0.3) is 10.9 Å². The highest BCUT2D eigenvalue weighted by Crippen LogP contribution is 2.34. The van der Waals surface area contributed by atoms with Gasteiger partial charge in [0, 0.05) is 17.3 Å². The number of aromatic nitrogens is 1.